The van der Waals surface area contributed by atoms with Crippen LogP contribution in [-0.2, 0) is 0 Å². The summed E-state index contributed by atoms with van der Waals surface area (Å²) in [6.07, 6.45) is 0. The summed E-state index contributed by atoms with van der Waals surface area (Å²) in [7, 11) is 0. The molecule has 33 heavy (non-hydrogen) atoms. The predicted molar refractivity (Wildman–Crippen MR) is 128 cm³/mol. The van der Waals surface area contributed by atoms with Crippen molar-refractivity contribution >= 4 is 23.5 Å². The number of nitrogens with two attached hydrogens (primary N) is 1. The molecule has 4 N–H and O–H groups in total. The molecule has 3 rings (SSSR count). The second kappa shape index (κ2) is 9.41. The minimum Gasteiger partial charge on any atom is -0.478 e. The molecule has 0 aliphatic rings. The normalized spacial score (nSPS) is 10.6. The summed E-state index contributed by atoms with van der Waals surface area (Å²) in [5.41, 5.74) is 8.07. The Hall–Kier alpha value is -4.37. The molecule has 0 aliphatic heterocycles. The van der Waals surface area contributed by atoms with E-state index in [1.807, 2.05) is 57.2 Å². The van der Waals surface area contributed by atoms with Gasteiger partial charge in [-0.2, -0.15) is 0 Å². The van der Waals surface area contributed by atoms with Crippen LogP contribution in [0.3, 0.4) is 0 Å². The van der Waals surface area contributed by atoms with E-state index in [4.69, 9.17) is 10.8 Å². The largest absolute Gasteiger partial charge is 0.478 e. The Bertz CT molecular complexity index is 1290. The van der Waals surface area contributed by atoms with E-state index >= 15 is 0 Å². The molecule has 6 nitrogen and oxygen atoms in total. The van der Waals surface area contributed by atoms with E-state index < -0.39 is 17.8 Å². The first-order valence-electron chi connectivity index (χ1n) is 10.3. The Balaban J connectivity index is 1.92. The summed E-state index contributed by atoms with van der Waals surface area (Å²) in [4.78, 5) is 36.0. The molecule has 0 fully saturated rings. The monoisotopic (exact) mass is 440 g/mol. The molecule has 3 aromatic rings. The Labute approximate surface area is 192 Å². The van der Waals surface area contributed by atoms with Crippen molar-refractivity contribution in [3.8, 4) is 23.0 Å². The summed E-state index contributed by atoms with van der Waals surface area (Å²) in [5, 5.41) is 12.0. The summed E-state index contributed by atoms with van der Waals surface area (Å²) < 4.78 is 0. The number of para-hydroxylation sites is 1. The highest BCUT2D eigenvalue weighted by Gasteiger charge is 2.19. The molecule has 0 aliphatic carbocycles. The number of rotatable bonds is 5. The molecule has 0 atom stereocenters. The van der Waals surface area contributed by atoms with E-state index in [-0.39, 0.29) is 22.1 Å². The molecule has 0 aromatic heterocycles. The summed E-state index contributed by atoms with van der Waals surface area (Å²) in [6.45, 7) is 6.14. The molecule has 0 radical (unpaired) electrons. The number of carboxylic acid groups (broad SMARTS) is 1. The highest BCUT2D eigenvalue weighted by atomic mass is 16.4. The van der Waals surface area contributed by atoms with E-state index in [0.717, 1.165) is 22.8 Å². The van der Waals surface area contributed by atoms with Crippen molar-refractivity contribution < 1.29 is 19.5 Å². The lowest BCUT2D eigenvalue weighted by molar-refractivity contribution is 0.0696. The van der Waals surface area contributed by atoms with Gasteiger partial charge in [0.2, 0.25) is 5.91 Å². The molecule has 2 amide bonds. The van der Waals surface area contributed by atoms with Crippen LogP contribution in [0.4, 0.5) is 5.69 Å². The summed E-state index contributed by atoms with van der Waals surface area (Å²) in [5.74, 6) is 3.68. The quantitative estimate of drug-likeness (QED) is 0.495. The lowest BCUT2D eigenvalue weighted by Crippen LogP contribution is -2.21. The van der Waals surface area contributed by atoms with Gasteiger partial charge in [-0.05, 0) is 62.7 Å². The minimum absolute atomic E-state index is 0.00453. The maximum absolute atomic E-state index is 13.0. The number of aromatic carboxylic acids is 1. The lowest BCUT2D eigenvalue weighted by atomic mass is 9.97. The summed E-state index contributed by atoms with van der Waals surface area (Å²) >= 11 is 0. The van der Waals surface area contributed by atoms with Crippen LogP contribution in [0, 0.1) is 17.3 Å². The van der Waals surface area contributed by atoms with Gasteiger partial charge in [0.15, 0.2) is 0 Å². The number of hydrogen-bond donors (Lipinski definition) is 3. The molecule has 0 heterocycles. The second-order valence-electron chi connectivity index (χ2n) is 8.51. The van der Waals surface area contributed by atoms with Gasteiger partial charge in [-0.25, -0.2) is 4.79 Å². The van der Waals surface area contributed by atoms with Crippen molar-refractivity contribution in [2.75, 3.05) is 5.32 Å². The van der Waals surface area contributed by atoms with Crippen molar-refractivity contribution in [2.45, 2.75) is 20.8 Å². The molecule has 0 bridgehead atoms. The first-order valence-corrected chi connectivity index (χ1v) is 10.3. The average Bonchev–Trinajstić information content (AvgIpc) is 2.77. The van der Waals surface area contributed by atoms with Gasteiger partial charge < -0.3 is 16.2 Å². The number of primary amides is 1. The number of hydrogen-bond acceptors (Lipinski definition) is 3. The molecule has 6 heteroatoms. The average molecular weight is 440 g/mol. The van der Waals surface area contributed by atoms with Crippen LogP contribution < -0.4 is 11.1 Å². The Morgan fingerprint density at radius 2 is 1.58 bits per heavy atom. The lowest BCUT2D eigenvalue weighted by Gasteiger charge is -2.13. The molecular formula is C27H24N2O4. The minimum atomic E-state index is -1.22. The van der Waals surface area contributed by atoms with E-state index in [9.17, 15) is 14.4 Å². The number of nitrogens with one attached hydrogen (secondary N) is 1. The van der Waals surface area contributed by atoms with Crippen LogP contribution in [0.15, 0.2) is 66.7 Å². The molecule has 0 unspecified atom stereocenters. The standard InChI is InChI=1S/C27H24N2O4/c1-27(2,3)15-14-17-8-10-18(11-9-17)20-6-4-5-7-23(20)29-25(31)21-13-12-19(26(32)33)16-22(21)24(28)30/h4-13,16H,1-3H3,(H2,28,30)(H,29,31)(H,32,33). The number of carbonyl (C=O) groups excluding carboxylic acids is 2. The van der Waals surface area contributed by atoms with E-state index in [1.54, 1.807) is 12.1 Å². The van der Waals surface area contributed by atoms with Crippen LogP contribution >= 0.6 is 0 Å². The molecule has 0 saturated carbocycles. The fourth-order valence-electron chi connectivity index (χ4n) is 3.11. The van der Waals surface area contributed by atoms with Gasteiger partial charge in [0.1, 0.15) is 0 Å². The third-order valence-corrected chi connectivity index (χ3v) is 4.73. The van der Waals surface area contributed by atoms with Gasteiger partial charge in [0.25, 0.3) is 5.91 Å². The van der Waals surface area contributed by atoms with Crippen molar-refractivity contribution in [1.82, 2.24) is 0 Å². The molecule has 166 valence electrons. The Kier molecular flexibility index (Phi) is 6.64. The van der Waals surface area contributed by atoms with E-state index in [1.165, 1.54) is 12.1 Å². The van der Waals surface area contributed by atoms with Crippen molar-refractivity contribution in [1.29, 1.82) is 0 Å². The van der Waals surface area contributed by atoms with Crippen LogP contribution in [0.2, 0.25) is 0 Å². The SMILES string of the molecule is CC(C)(C)C#Cc1ccc(-c2ccccc2NC(=O)c2ccc(C(=O)O)cc2C(N)=O)cc1. The predicted octanol–water partition coefficient (Wildman–Crippen LogP) is 4.80. The zero-order chi connectivity index (χ0) is 24.2. The van der Waals surface area contributed by atoms with Gasteiger partial charge in [0.05, 0.1) is 16.7 Å². The number of amides is 2. The third-order valence-electron chi connectivity index (χ3n) is 4.73. The molecule has 0 saturated heterocycles. The van der Waals surface area contributed by atoms with Crippen LogP contribution in [0.1, 0.15) is 57.4 Å². The smallest absolute Gasteiger partial charge is 0.335 e. The van der Waals surface area contributed by atoms with Gasteiger partial charge in [0, 0.05) is 22.2 Å². The summed E-state index contributed by atoms with van der Waals surface area (Å²) in [6, 6.07) is 18.6. The molecular weight excluding hydrogens is 416 g/mol. The molecule has 0 spiro atoms. The maximum Gasteiger partial charge on any atom is 0.335 e. The highest BCUT2D eigenvalue weighted by molar-refractivity contribution is 6.13. The van der Waals surface area contributed by atoms with Gasteiger partial charge in [-0.15, -0.1) is 0 Å². The van der Waals surface area contributed by atoms with Crippen molar-refractivity contribution in [2.24, 2.45) is 11.1 Å². The van der Waals surface area contributed by atoms with E-state index in [2.05, 4.69) is 17.2 Å². The van der Waals surface area contributed by atoms with Gasteiger partial charge in [-0.1, -0.05) is 42.2 Å². The third kappa shape index (κ3) is 5.86. The van der Waals surface area contributed by atoms with Crippen LogP contribution in [0.5, 0.6) is 0 Å². The maximum atomic E-state index is 13.0. The number of carbonyl (C=O) groups is 3. The topological polar surface area (TPSA) is 109 Å². The Morgan fingerprint density at radius 3 is 2.18 bits per heavy atom. The van der Waals surface area contributed by atoms with Crippen LogP contribution in [0.25, 0.3) is 11.1 Å². The zero-order valence-corrected chi connectivity index (χ0v) is 18.6. The van der Waals surface area contributed by atoms with Crippen LogP contribution in [-0.4, -0.2) is 22.9 Å². The highest BCUT2D eigenvalue weighted by Crippen LogP contribution is 2.29. The first-order chi connectivity index (χ1) is 15.5. The van der Waals surface area contributed by atoms with Crippen molar-refractivity contribution in [3.63, 3.8) is 0 Å². The fourth-order valence-corrected chi connectivity index (χ4v) is 3.11. The Morgan fingerprint density at radius 1 is 0.909 bits per heavy atom. The number of carboxylic acids is 1. The number of anilines is 1. The second-order valence-corrected chi connectivity index (χ2v) is 8.51. The van der Waals surface area contributed by atoms with E-state index in [0.29, 0.717) is 5.69 Å². The zero-order valence-electron chi connectivity index (χ0n) is 18.6. The van der Waals surface area contributed by atoms with Gasteiger partial charge in [-0.3, -0.25) is 9.59 Å². The van der Waals surface area contributed by atoms with Crippen molar-refractivity contribution in [3.05, 3.63) is 89.0 Å². The fraction of sp³-hybridized carbons (Fsp3) is 0.148. The number of benzene rings is 3. The first kappa shape index (κ1) is 23.3. The van der Waals surface area contributed by atoms with Gasteiger partial charge >= 0.3 is 5.97 Å². The molecule has 3 aromatic carbocycles.